The number of hydrogen-bond donors (Lipinski definition) is 3. The highest BCUT2D eigenvalue weighted by Gasteiger charge is 2.26. The van der Waals surface area contributed by atoms with Crippen molar-refractivity contribution in [2.75, 3.05) is 13.7 Å². The fourth-order valence-corrected chi connectivity index (χ4v) is 3.89. The van der Waals surface area contributed by atoms with Crippen molar-refractivity contribution in [1.29, 1.82) is 0 Å². The summed E-state index contributed by atoms with van der Waals surface area (Å²) < 4.78 is 10.9. The molecule has 158 valence electrons. The van der Waals surface area contributed by atoms with Gasteiger partial charge in [0.25, 0.3) is 5.88 Å². The number of carbonyl (C=O) groups is 1. The van der Waals surface area contributed by atoms with E-state index >= 15 is 0 Å². The van der Waals surface area contributed by atoms with Crippen molar-refractivity contribution in [3.8, 4) is 17.1 Å². The Kier molecular flexibility index (Phi) is 6.08. The van der Waals surface area contributed by atoms with Gasteiger partial charge >= 0.3 is 5.97 Å². The quantitative estimate of drug-likeness (QED) is 0.520. The first kappa shape index (κ1) is 20.1. The van der Waals surface area contributed by atoms with Crippen molar-refractivity contribution in [2.24, 2.45) is 0 Å². The highest BCUT2D eigenvalue weighted by atomic mass is 16.5. The van der Waals surface area contributed by atoms with E-state index in [1.165, 1.54) is 5.56 Å². The third kappa shape index (κ3) is 4.51. The molecular weight excluding hydrogens is 386 g/mol. The Balaban J connectivity index is 1.33. The minimum atomic E-state index is -1.12. The van der Waals surface area contributed by atoms with E-state index in [1.807, 2.05) is 0 Å². The van der Waals surface area contributed by atoms with E-state index in [0.717, 1.165) is 49.1 Å². The number of H-pyrrole nitrogens is 2. The van der Waals surface area contributed by atoms with Crippen LogP contribution in [-0.2, 0) is 11.2 Å². The topological polar surface area (TPSA) is 126 Å². The summed E-state index contributed by atoms with van der Waals surface area (Å²) in [7, 11) is 1.69. The standard InChI is InChI=1S/C21H25N5O4/c1-29-11-10-16-12-18(23-22-16)15-4-2-13(3-5-15)14-6-8-17(9-7-14)30-20-19(21(27)28)24-26-25-20/h2-5,12,14,17H,6-11H2,1H3,(H,22,23)(H,27,28)(H,24,25,26)/t14-,17-. The number of nitrogens with one attached hydrogen (secondary N) is 2. The van der Waals surface area contributed by atoms with Gasteiger partial charge in [-0.3, -0.25) is 5.10 Å². The number of carboxylic acids is 1. The van der Waals surface area contributed by atoms with E-state index in [4.69, 9.17) is 14.6 Å². The molecule has 0 aliphatic heterocycles. The molecule has 3 N–H and O–H groups in total. The Bertz CT molecular complexity index is 973. The molecular formula is C21H25N5O4. The van der Waals surface area contributed by atoms with Crippen LogP contribution in [0.4, 0.5) is 0 Å². The largest absolute Gasteiger partial charge is 0.476 e. The Hall–Kier alpha value is -3.20. The molecule has 2 heterocycles. The summed E-state index contributed by atoms with van der Waals surface area (Å²) in [5.74, 6) is -0.583. The molecule has 3 aromatic rings. The summed E-state index contributed by atoms with van der Waals surface area (Å²) in [4.78, 5) is 11.1. The van der Waals surface area contributed by atoms with Gasteiger partial charge in [-0.25, -0.2) is 9.89 Å². The van der Waals surface area contributed by atoms with Crippen LogP contribution >= 0.6 is 0 Å². The molecule has 0 unspecified atom stereocenters. The first-order valence-corrected chi connectivity index (χ1v) is 10.1. The minimum Gasteiger partial charge on any atom is -0.476 e. The van der Waals surface area contributed by atoms with Gasteiger partial charge in [0, 0.05) is 13.5 Å². The van der Waals surface area contributed by atoms with E-state index in [1.54, 1.807) is 7.11 Å². The molecule has 1 fully saturated rings. The Morgan fingerprint density at radius 3 is 2.63 bits per heavy atom. The van der Waals surface area contributed by atoms with Crippen LogP contribution in [0.15, 0.2) is 30.3 Å². The number of aromatic carboxylic acids is 1. The lowest BCUT2D eigenvalue weighted by molar-refractivity contribution is 0.0678. The van der Waals surface area contributed by atoms with E-state index in [-0.39, 0.29) is 17.7 Å². The number of ether oxygens (including phenoxy) is 2. The highest BCUT2D eigenvalue weighted by molar-refractivity contribution is 5.87. The van der Waals surface area contributed by atoms with Crippen LogP contribution in [0.5, 0.6) is 5.88 Å². The van der Waals surface area contributed by atoms with Gasteiger partial charge in [0.15, 0.2) is 0 Å². The zero-order chi connectivity index (χ0) is 20.9. The average molecular weight is 411 g/mol. The number of aromatic nitrogens is 5. The maximum Gasteiger partial charge on any atom is 0.359 e. The monoisotopic (exact) mass is 411 g/mol. The van der Waals surface area contributed by atoms with Gasteiger partial charge in [-0.05, 0) is 48.8 Å². The lowest BCUT2D eigenvalue weighted by Gasteiger charge is -2.28. The van der Waals surface area contributed by atoms with Crippen molar-refractivity contribution in [1.82, 2.24) is 25.6 Å². The minimum absolute atomic E-state index is 0.0424. The number of aromatic amines is 2. The molecule has 2 aromatic heterocycles. The van der Waals surface area contributed by atoms with Crippen LogP contribution in [-0.4, -0.2) is 56.5 Å². The Morgan fingerprint density at radius 1 is 1.17 bits per heavy atom. The van der Waals surface area contributed by atoms with E-state index in [2.05, 4.69) is 55.9 Å². The van der Waals surface area contributed by atoms with Crippen LogP contribution in [0.3, 0.4) is 0 Å². The summed E-state index contributed by atoms with van der Waals surface area (Å²) in [6.07, 6.45) is 4.41. The van der Waals surface area contributed by atoms with Crippen LogP contribution in [0.2, 0.25) is 0 Å². The summed E-state index contributed by atoms with van der Waals surface area (Å²) >= 11 is 0. The summed E-state index contributed by atoms with van der Waals surface area (Å²) in [5.41, 5.74) is 4.32. The zero-order valence-corrected chi connectivity index (χ0v) is 16.8. The molecule has 0 spiro atoms. The Morgan fingerprint density at radius 2 is 1.93 bits per heavy atom. The van der Waals surface area contributed by atoms with Gasteiger partial charge in [0.05, 0.1) is 18.0 Å². The van der Waals surface area contributed by atoms with Crippen molar-refractivity contribution < 1.29 is 19.4 Å². The molecule has 0 bridgehead atoms. The molecule has 1 saturated carbocycles. The van der Waals surface area contributed by atoms with Crippen LogP contribution in [0, 0.1) is 0 Å². The molecule has 0 atom stereocenters. The van der Waals surface area contributed by atoms with Gasteiger partial charge < -0.3 is 14.6 Å². The SMILES string of the molecule is COCCc1cc(-c2ccc([C@H]3CC[C@H](Oc4nn[nH]c4C(=O)O)CC3)cc2)[nH]n1. The molecule has 0 radical (unpaired) electrons. The van der Waals surface area contributed by atoms with Crippen LogP contribution in [0.1, 0.15) is 53.3 Å². The molecule has 30 heavy (non-hydrogen) atoms. The van der Waals surface area contributed by atoms with Crippen molar-refractivity contribution >= 4 is 5.97 Å². The number of rotatable bonds is 8. The molecule has 9 heteroatoms. The second-order valence-electron chi connectivity index (χ2n) is 7.53. The molecule has 0 amide bonds. The van der Waals surface area contributed by atoms with Crippen molar-refractivity contribution in [2.45, 2.75) is 44.1 Å². The molecule has 1 aromatic carbocycles. The summed E-state index contributed by atoms with van der Waals surface area (Å²) in [6, 6.07) is 10.7. The smallest absolute Gasteiger partial charge is 0.359 e. The Labute approximate surface area is 173 Å². The number of methoxy groups -OCH3 is 1. The predicted molar refractivity (Wildman–Crippen MR) is 109 cm³/mol. The lowest BCUT2D eigenvalue weighted by atomic mass is 9.82. The highest BCUT2D eigenvalue weighted by Crippen LogP contribution is 2.35. The van der Waals surface area contributed by atoms with E-state index in [0.29, 0.717) is 12.5 Å². The van der Waals surface area contributed by atoms with Gasteiger partial charge in [-0.1, -0.05) is 34.6 Å². The lowest BCUT2D eigenvalue weighted by Crippen LogP contribution is -2.24. The second-order valence-corrected chi connectivity index (χ2v) is 7.53. The first-order chi connectivity index (χ1) is 14.6. The summed E-state index contributed by atoms with van der Waals surface area (Å²) in [6.45, 7) is 0.657. The van der Waals surface area contributed by atoms with Crippen molar-refractivity contribution in [3.63, 3.8) is 0 Å². The van der Waals surface area contributed by atoms with Crippen molar-refractivity contribution in [3.05, 3.63) is 47.3 Å². The normalized spacial score (nSPS) is 19.0. The molecule has 4 rings (SSSR count). The number of benzene rings is 1. The third-order valence-corrected chi connectivity index (χ3v) is 5.57. The van der Waals surface area contributed by atoms with Crippen LogP contribution in [0.25, 0.3) is 11.3 Å². The number of nitrogens with zero attached hydrogens (tertiary/aromatic N) is 3. The molecule has 9 nitrogen and oxygen atoms in total. The summed E-state index contributed by atoms with van der Waals surface area (Å²) in [5, 5.41) is 26.2. The maximum absolute atomic E-state index is 11.1. The third-order valence-electron chi connectivity index (χ3n) is 5.57. The first-order valence-electron chi connectivity index (χ1n) is 10.1. The average Bonchev–Trinajstić information content (AvgIpc) is 3.43. The van der Waals surface area contributed by atoms with Gasteiger partial charge in [-0.15, -0.1) is 0 Å². The van der Waals surface area contributed by atoms with Gasteiger partial charge in [0.2, 0.25) is 5.69 Å². The second kappa shape index (κ2) is 9.08. The van der Waals surface area contributed by atoms with E-state index in [9.17, 15) is 4.79 Å². The fraction of sp³-hybridized carbons (Fsp3) is 0.429. The molecule has 0 saturated heterocycles. The number of carboxylic acid groups (broad SMARTS) is 1. The van der Waals surface area contributed by atoms with Gasteiger partial charge in [0.1, 0.15) is 6.10 Å². The molecule has 1 aliphatic carbocycles. The number of hydrogen-bond acceptors (Lipinski definition) is 6. The van der Waals surface area contributed by atoms with Crippen LogP contribution < -0.4 is 4.74 Å². The van der Waals surface area contributed by atoms with E-state index < -0.39 is 5.97 Å². The maximum atomic E-state index is 11.1. The fourth-order valence-electron chi connectivity index (χ4n) is 3.89. The predicted octanol–water partition coefficient (Wildman–Crippen LogP) is 3.19. The van der Waals surface area contributed by atoms with Gasteiger partial charge in [-0.2, -0.15) is 5.10 Å². The molecule has 1 aliphatic rings. The zero-order valence-electron chi connectivity index (χ0n) is 16.8.